The highest BCUT2D eigenvalue weighted by atomic mass is 35.5. The smallest absolute Gasteiger partial charge is 0.251 e. The lowest BCUT2D eigenvalue weighted by Crippen LogP contribution is -2.31. The maximum Gasteiger partial charge on any atom is 0.251 e. The van der Waals surface area contributed by atoms with Gasteiger partial charge in [-0.3, -0.25) is 4.79 Å². The number of thiazole rings is 1. The van der Waals surface area contributed by atoms with Crippen LogP contribution in [-0.2, 0) is 11.3 Å². The maximum atomic E-state index is 12.1. The van der Waals surface area contributed by atoms with Crippen molar-refractivity contribution in [1.82, 2.24) is 10.3 Å². The Labute approximate surface area is 144 Å². The zero-order valence-electron chi connectivity index (χ0n) is 12.5. The summed E-state index contributed by atoms with van der Waals surface area (Å²) in [5.74, 6) is -0.0683. The summed E-state index contributed by atoms with van der Waals surface area (Å²) in [6.45, 7) is 2.03. The molecule has 1 amide bonds. The zero-order chi connectivity index (χ0) is 16.1. The molecule has 0 radical (unpaired) electrons. The molecule has 1 aromatic carbocycles. The Morgan fingerprint density at radius 1 is 1.39 bits per heavy atom. The largest absolute Gasteiger partial charge is 0.380 e. The van der Waals surface area contributed by atoms with Crippen molar-refractivity contribution in [2.45, 2.75) is 25.5 Å². The average molecular weight is 352 g/mol. The minimum atomic E-state index is -0.0683. The number of amides is 1. The molecule has 1 fully saturated rings. The second kappa shape index (κ2) is 7.77. The van der Waals surface area contributed by atoms with Gasteiger partial charge in [-0.15, -0.1) is 11.3 Å². The third-order valence-corrected chi connectivity index (χ3v) is 4.77. The van der Waals surface area contributed by atoms with Crippen LogP contribution < -0.4 is 10.6 Å². The van der Waals surface area contributed by atoms with Crippen LogP contribution in [0.15, 0.2) is 30.5 Å². The minimum absolute atomic E-state index is 0.0683. The number of nitrogens with one attached hydrogen (secondary N) is 2. The summed E-state index contributed by atoms with van der Waals surface area (Å²) in [4.78, 5) is 17.1. The molecule has 1 atom stereocenters. The topological polar surface area (TPSA) is 63.2 Å². The third-order valence-electron chi connectivity index (χ3n) is 3.65. The number of ether oxygens (including phenoxy) is 1. The van der Waals surface area contributed by atoms with Gasteiger partial charge in [-0.1, -0.05) is 11.6 Å². The quantitative estimate of drug-likeness (QED) is 0.838. The molecule has 0 saturated carbocycles. The molecule has 2 heterocycles. The Kier molecular flexibility index (Phi) is 5.48. The van der Waals surface area contributed by atoms with Gasteiger partial charge in [-0.25, -0.2) is 4.98 Å². The molecule has 0 aliphatic carbocycles. The summed E-state index contributed by atoms with van der Waals surface area (Å²) in [5, 5.41) is 6.19. The molecular formula is C16H18ClN3O2S. The number of anilines is 1. The van der Waals surface area contributed by atoms with E-state index < -0.39 is 0 Å². The second-order valence-electron chi connectivity index (χ2n) is 5.36. The Balaban J connectivity index is 1.48. The van der Waals surface area contributed by atoms with E-state index in [0.717, 1.165) is 30.0 Å². The van der Waals surface area contributed by atoms with E-state index in [9.17, 15) is 4.79 Å². The van der Waals surface area contributed by atoms with E-state index in [2.05, 4.69) is 15.6 Å². The normalized spacial score (nSPS) is 17.2. The summed E-state index contributed by atoms with van der Waals surface area (Å²) in [5.41, 5.74) is 1.60. The lowest BCUT2D eigenvalue weighted by molar-refractivity contribution is 0.0858. The highest BCUT2D eigenvalue weighted by Gasteiger charge is 2.16. The molecule has 1 aliphatic rings. The number of carbonyl (C=O) groups is 1. The molecule has 0 bridgehead atoms. The molecule has 7 heteroatoms. The lowest BCUT2D eigenvalue weighted by atomic mass is 10.2. The molecule has 5 nitrogen and oxygen atoms in total. The fraction of sp³-hybridized carbons (Fsp3) is 0.375. The first-order chi connectivity index (χ1) is 11.2. The predicted octanol–water partition coefficient (Wildman–Crippen LogP) is 3.32. The van der Waals surface area contributed by atoms with Crippen molar-refractivity contribution in [2.24, 2.45) is 0 Å². The molecule has 2 aromatic rings. The number of rotatable bonds is 6. The standard InChI is InChI=1S/C16H18ClN3O2S/c17-16-20-10-14(23-16)9-18-12-5-3-11(4-6-12)15(21)19-8-13-2-1-7-22-13/h3-6,10,13,18H,1-2,7-9H2,(H,19,21). The molecule has 2 N–H and O–H groups in total. The fourth-order valence-electron chi connectivity index (χ4n) is 2.41. The van der Waals surface area contributed by atoms with Gasteiger partial charge in [0, 0.05) is 35.5 Å². The lowest BCUT2D eigenvalue weighted by Gasteiger charge is -2.11. The maximum absolute atomic E-state index is 12.1. The SMILES string of the molecule is O=C(NCC1CCCO1)c1ccc(NCc2cnc(Cl)s2)cc1. The van der Waals surface area contributed by atoms with Crippen molar-refractivity contribution < 1.29 is 9.53 Å². The van der Waals surface area contributed by atoms with E-state index in [1.807, 2.05) is 24.3 Å². The van der Waals surface area contributed by atoms with Crippen molar-refractivity contribution in [2.75, 3.05) is 18.5 Å². The number of nitrogens with zero attached hydrogens (tertiary/aromatic N) is 1. The van der Waals surface area contributed by atoms with Crippen LogP contribution in [0.25, 0.3) is 0 Å². The molecule has 1 aliphatic heterocycles. The van der Waals surface area contributed by atoms with Crippen LogP contribution in [0.5, 0.6) is 0 Å². The van der Waals surface area contributed by atoms with Crippen molar-refractivity contribution in [3.63, 3.8) is 0 Å². The average Bonchev–Trinajstić information content (AvgIpc) is 3.22. The van der Waals surface area contributed by atoms with Gasteiger partial charge < -0.3 is 15.4 Å². The minimum Gasteiger partial charge on any atom is -0.380 e. The van der Waals surface area contributed by atoms with Crippen LogP contribution >= 0.6 is 22.9 Å². The molecule has 1 saturated heterocycles. The number of benzene rings is 1. The van der Waals surface area contributed by atoms with Crippen LogP contribution in [0.2, 0.25) is 4.47 Å². The first-order valence-electron chi connectivity index (χ1n) is 7.54. The van der Waals surface area contributed by atoms with Gasteiger partial charge in [-0.2, -0.15) is 0 Å². The third kappa shape index (κ3) is 4.67. The molecular weight excluding hydrogens is 334 g/mol. The molecule has 1 aromatic heterocycles. The van der Waals surface area contributed by atoms with E-state index in [0.29, 0.717) is 23.1 Å². The molecule has 122 valence electrons. The number of hydrogen-bond donors (Lipinski definition) is 2. The second-order valence-corrected chi connectivity index (χ2v) is 7.05. The van der Waals surface area contributed by atoms with E-state index >= 15 is 0 Å². The first-order valence-corrected chi connectivity index (χ1v) is 8.74. The van der Waals surface area contributed by atoms with E-state index in [4.69, 9.17) is 16.3 Å². The van der Waals surface area contributed by atoms with Crippen molar-refractivity contribution in [1.29, 1.82) is 0 Å². The van der Waals surface area contributed by atoms with Gasteiger partial charge in [0.2, 0.25) is 0 Å². The van der Waals surface area contributed by atoms with Gasteiger partial charge in [0.25, 0.3) is 5.91 Å². The highest BCUT2D eigenvalue weighted by Crippen LogP contribution is 2.19. The number of hydrogen-bond acceptors (Lipinski definition) is 5. The molecule has 23 heavy (non-hydrogen) atoms. The zero-order valence-corrected chi connectivity index (χ0v) is 14.1. The predicted molar refractivity (Wildman–Crippen MR) is 92.2 cm³/mol. The molecule has 0 spiro atoms. The first kappa shape index (κ1) is 16.2. The van der Waals surface area contributed by atoms with Gasteiger partial charge in [0.05, 0.1) is 12.6 Å². The van der Waals surface area contributed by atoms with Crippen LogP contribution in [0.1, 0.15) is 28.1 Å². The monoisotopic (exact) mass is 351 g/mol. The van der Waals surface area contributed by atoms with Crippen molar-refractivity contribution in [3.8, 4) is 0 Å². The Hall–Kier alpha value is -1.63. The number of aromatic nitrogens is 1. The van der Waals surface area contributed by atoms with Crippen LogP contribution in [0, 0.1) is 0 Å². The van der Waals surface area contributed by atoms with Gasteiger partial charge in [0.1, 0.15) is 0 Å². The van der Waals surface area contributed by atoms with Crippen molar-refractivity contribution >= 4 is 34.5 Å². The summed E-state index contributed by atoms with van der Waals surface area (Å²) >= 11 is 7.25. The van der Waals surface area contributed by atoms with E-state index in [1.54, 1.807) is 6.20 Å². The number of halogens is 1. The highest BCUT2D eigenvalue weighted by molar-refractivity contribution is 7.15. The summed E-state index contributed by atoms with van der Waals surface area (Å²) in [7, 11) is 0. The van der Waals surface area contributed by atoms with E-state index in [1.165, 1.54) is 11.3 Å². The molecule has 3 rings (SSSR count). The van der Waals surface area contributed by atoms with Crippen molar-refractivity contribution in [3.05, 3.63) is 45.4 Å². The fourth-order valence-corrected chi connectivity index (χ4v) is 3.33. The van der Waals surface area contributed by atoms with Crippen LogP contribution in [0.3, 0.4) is 0 Å². The molecule has 1 unspecified atom stereocenters. The Morgan fingerprint density at radius 2 is 2.22 bits per heavy atom. The van der Waals surface area contributed by atoms with Gasteiger partial charge >= 0.3 is 0 Å². The van der Waals surface area contributed by atoms with Gasteiger partial charge in [-0.05, 0) is 37.1 Å². The Bertz CT molecular complexity index is 654. The van der Waals surface area contributed by atoms with E-state index in [-0.39, 0.29) is 12.0 Å². The van der Waals surface area contributed by atoms with Crippen LogP contribution in [0.4, 0.5) is 5.69 Å². The summed E-state index contributed by atoms with van der Waals surface area (Å²) in [6, 6.07) is 7.41. The number of carbonyl (C=O) groups excluding carboxylic acids is 1. The van der Waals surface area contributed by atoms with Gasteiger partial charge in [0.15, 0.2) is 4.47 Å². The summed E-state index contributed by atoms with van der Waals surface area (Å²) < 4.78 is 6.04. The Morgan fingerprint density at radius 3 is 2.87 bits per heavy atom. The summed E-state index contributed by atoms with van der Waals surface area (Å²) in [6.07, 6.45) is 4.01. The van der Waals surface area contributed by atoms with Crippen LogP contribution in [-0.4, -0.2) is 30.1 Å².